The number of halogens is 1. The molecule has 8 nitrogen and oxygen atoms in total. The van der Waals surface area contributed by atoms with Crippen molar-refractivity contribution in [1.29, 1.82) is 5.26 Å². The quantitative estimate of drug-likeness (QED) is 0.359. The number of anilines is 1. The molecule has 4 aromatic rings. The predicted molar refractivity (Wildman–Crippen MR) is 126 cm³/mol. The summed E-state index contributed by atoms with van der Waals surface area (Å²) < 4.78 is 20.0. The molecule has 0 aliphatic heterocycles. The highest BCUT2D eigenvalue weighted by molar-refractivity contribution is 5.96. The van der Waals surface area contributed by atoms with Gasteiger partial charge in [0.25, 0.3) is 11.7 Å². The molecule has 0 fully saturated rings. The maximum atomic E-state index is 13.3. The van der Waals surface area contributed by atoms with Gasteiger partial charge in [-0.3, -0.25) is 4.79 Å². The zero-order valence-electron chi connectivity index (χ0n) is 18.5. The first-order chi connectivity index (χ1) is 17.1. The van der Waals surface area contributed by atoms with Crippen molar-refractivity contribution in [2.75, 3.05) is 18.1 Å². The van der Waals surface area contributed by atoms with E-state index in [1.165, 1.54) is 33.8 Å². The molecule has 35 heavy (non-hydrogen) atoms. The summed E-state index contributed by atoms with van der Waals surface area (Å²) in [6.45, 7) is -0.528. The van der Waals surface area contributed by atoms with Crippen LogP contribution in [0.4, 0.5) is 10.1 Å². The molecule has 0 aliphatic carbocycles. The van der Waals surface area contributed by atoms with Gasteiger partial charge in [0.1, 0.15) is 5.82 Å². The number of hydrogen-bond acceptors (Lipinski definition) is 6. The Hall–Kier alpha value is -4.84. The van der Waals surface area contributed by atoms with Gasteiger partial charge in [-0.25, -0.2) is 18.9 Å². The van der Waals surface area contributed by atoms with Crippen LogP contribution in [0.15, 0.2) is 84.9 Å². The summed E-state index contributed by atoms with van der Waals surface area (Å²) in [6, 6.07) is 25.7. The molecule has 0 spiro atoms. The van der Waals surface area contributed by atoms with Crippen LogP contribution in [0.5, 0.6) is 0 Å². The van der Waals surface area contributed by atoms with Gasteiger partial charge in [-0.05, 0) is 36.4 Å². The second kappa shape index (κ2) is 10.9. The van der Waals surface area contributed by atoms with E-state index in [2.05, 4.69) is 10.1 Å². The molecule has 0 unspecified atom stereocenters. The van der Waals surface area contributed by atoms with E-state index in [4.69, 9.17) is 10.00 Å². The van der Waals surface area contributed by atoms with Crippen molar-refractivity contribution < 1.29 is 18.7 Å². The number of para-hydroxylation sites is 1. The fourth-order valence-electron chi connectivity index (χ4n) is 3.37. The standard InChI is InChI=1S/C26H20FN5O3/c27-20-12-14-21(15-13-20)31(17-7-16-28)23(33)18-35-26(34)24-29-25(19-8-3-1-4-9-19)32(30-24)22-10-5-2-6-11-22/h1-6,8-15H,7,17-18H2. The van der Waals surface area contributed by atoms with Gasteiger partial charge in [-0.1, -0.05) is 48.5 Å². The summed E-state index contributed by atoms with van der Waals surface area (Å²) in [5.74, 6) is -1.65. The van der Waals surface area contributed by atoms with Crippen LogP contribution in [0, 0.1) is 17.1 Å². The van der Waals surface area contributed by atoms with Gasteiger partial charge in [-0.15, -0.1) is 5.10 Å². The molecule has 0 saturated carbocycles. The molecule has 0 atom stereocenters. The Morgan fingerprint density at radius 2 is 1.63 bits per heavy atom. The van der Waals surface area contributed by atoms with E-state index in [1.54, 1.807) is 0 Å². The summed E-state index contributed by atoms with van der Waals surface area (Å²) in [4.78, 5) is 31.2. The SMILES string of the molecule is N#CCCN(C(=O)COC(=O)c1nc(-c2ccccc2)n(-c2ccccc2)n1)c1ccc(F)cc1. The summed E-state index contributed by atoms with van der Waals surface area (Å²) in [6.07, 6.45) is 0.0561. The number of ether oxygens (including phenoxy) is 1. The van der Waals surface area contributed by atoms with Crippen molar-refractivity contribution in [3.05, 3.63) is 96.6 Å². The second-order valence-corrected chi connectivity index (χ2v) is 7.38. The Morgan fingerprint density at radius 1 is 0.971 bits per heavy atom. The molecule has 0 bridgehead atoms. The van der Waals surface area contributed by atoms with Gasteiger partial charge < -0.3 is 9.64 Å². The first-order valence-corrected chi connectivity index (χ1v) is 10.7. The lowest BCUT2D eigenvalue weighted by atomic mass is 10.2. The van der Waals surface area contributed by atoms with Crippen molar-refractivity contribution in [3.63, 3.8) is 0 Å². The number of nitriles is 1. The number of carbonyl (C=O) groups excluding carboxylic acids is 2. The van der Waals surface area contributed by atoms with E-state index < -0.39 is 24.3 Å². The lowest BCUT2D eigenvalue weighted by Crippen LogP contribution is -2.35. The maximum Gasteiger partial charge on any atom is 0.378 e. The molecule has 0 aliphatic rings. The minimum Gasteiger partial charge on any atom is -0.450 e. The molecule has 0 radical (unpaired) electrons. The number of carbonyl (C=O) groups is 2. The van der Waals surface area contributed by atoms with Crippen molar-refractivity contribution in [2.45, 2.75) is 6.42 Å². The molecular formula is C26H20FN5O3. The lowest BCUT2D eigenvalue weighted by Gasteiger charge is -2.21. The van der Waals surface area contributed by atoms with Crippen molar-refractivity contribution in [3.8, 4) is 23.1 Å². The molecule has 0 saturated heterocycles. The fourth-order valence-corrected chi connectivity index (χ4v) is 3.37. The monoisotopic (exact) mass is 469 g/mol. The topological polar surface area (TPSA) is 101 Å². The number of rotatable bonds is 8. The molecular weight excluding hydrogens is 449 g/mol. The minimum atomic E-state index is -0.871. The first kappa shape index (κ1) is 23.3. The zero-order chi connectivity index (χ0) is 24.6. The van der Waals surface area contributed by atoms with Crippen LogP contribution >= 0.6 is 0 Å². The van der Waals surface area contributed by atoms with Crippen molar-refractivity contribution in [1.82, 2.24) is 14.8 Å². The van der Waals surface area contributed by atoms with Crippen LogP contribution in [-0.2, 0) is 9.53 Å². The number of benzene rings is 3. The van der Waals surface area contributed by atoms with Crippen molar-refractivity contribution in [2.24, 2.45) is 0 Å². The highest BCUT2D eigenvalue weighted by atomic mass is 19.1. The van der Waals surface area contributed by atoms with Crippen LogP contribution in [0.2, 0.25) is 0 Å². The second-order valence-electron chi connectivity index (χ2n) is 7.38. The number of hydrogen-bond donors (Lipinski definition) is 0. The maximum absolute atomic E-state index is 13.3. The number of aromatic nitrogens is 3. The van der Waals surface area contributed by atoms with Crippen LogP contribution < -0.4 is 4.90 Å². The van der Waals surface area contributed by atoms with E-state index >= 15 is 0 Å². The lowest BCUT2D eigenvalue weighted by molar-refractivity contribution is -0.121. The van der Waals surface area contributed by atoms with Crippen LogP contribution in [0.25, 0.3) is 17.1 Å². The molecule has 1 heterocycles. The molecule has 4 rings (SSSR count). The van der Waals surface area contributed by atoms with Gasteiger partial charge in [-0.2, -0.15) is 5.26 Å². The Bertz CT molecular complexity index is 1290. The van der Waals surface area contributed by atoms with Crippen LogP contribution in [-0.4, -0.2) is 39.8 Å². The first-order valence-electron chi connectivity index (χ1n) is 10.7. The van der Waals surface area contributed by atoms with Gasteiger partial charge in [0.15, 0.2) is 12.4 Å². The van der Waals surface area contributed by atoms with Gasteiger partial charge in [0.05, 0.1) is 18.2 Å². The average molecular weight is 469 g/mol. The highest BCUT2D eigenvalue weighted by Gasteiger charge is 2.23. The molecule has 0 N–H and O–H groups in total. The Morgan fingerprint density at radius 3 is 2.29 bits per heavy atom. The number of amides is 1. The average Bonchev–Trinajstić information content (AvgIpc) is 3.35. The molecule has 1 amide bonds. The van der Waals surface area contributed by atoms with Gasteiger partial charge in [0, 0.05) is 17.8 Å². The number of esters is 1. The predicted octanol–water partition coefficient (Wildman–Crippen LogP) is 4.18. The summed E-state index contributed by atoms with van der Waals surface area (Å²) in [5, 5.41) is 13.2. The fraction of sp³-hybridized carbons (Fsp3) is 0.115. The van der Waals surface area contributed by atoms with E-state index in [1.807, 2.05) is 66.7 Å². The highest BCUT2D eigenvalue weighted by Crippen LogP contribution is 2.21. The number of nitrogens with zero attached hydrogens (tertiary/aromatic N) is 5. The normalized spacial score (nSPS) is 10.4. The van der Waals surface area contributed by atoms with E-state index in [0.717, 1.165) is 5.56 Å². The van der Waals surface area contributed by atoms with Crippen LogP contribution in [0.3, 0.4) is 0 Å². The third-order valence-corrected chi connectivity index (χ3v) is 5.04. The van der Waals surface area contributed by atoms with E-state index in [-0.39, 0.29) is 18.8 Å². The molecule has 9 heteroatoms. The smallest absolute Gasteiger partial charge is 0.378 e. The minimum absolute atomic E-state index is 0.0561. The zero-order valence-corrected chi connectivity index (χ0v) is 18.5. The van der Waals surface area contributed by atoms with E-state index in [9.17, 15) is 14.0 Å². The molecule has 174 valence electrons. The Kier molecular flexibility index (Phi) is 7.23. The van der Waals surface area contributed by atoms with Crippen LogP contribution in [0.1, 0.15) is 17.0 Å². The van der Waals surface area contributed by atoms with E-state index in [0.29, 0.717) is 17.2 Å². The molecule has 3 aromatic carbocycles. The van der Waals surface area contributed by atoms with Crippen molar-refractivity contribution >= 4 is 17.6 Å². The molecule has 1 aromatic heterocycles. The van der Waals surface area contributed by atoms with Gasteiger partial charge in [0.2, 0.25) is 0 Å². The summed E-state index contributed by atoms with van der Waals surface area (Å²) >= 11 is 0. The summed E-state index contributed by atoms with van der Waals surface area (Å²) in [5.41, 5.74) is 1.84. The Labute approximate surface area is 200 Å². The largest absolute Gasteiger partial charge is 0.450 e. The Balaban J connectivity index is 1.54. The third-order valence-electron chi connectivity index (χ3n) is 5.04. The van der Waals surface area contributed by atoms with Gasteiger partial charge >= 0.3 is 5.97 Å². The third kappa shape index (κ3) is 5.57. The summed E-state index contributed by atoms with van der Waals surface area (Å²) in [7, 11) is 0.